The Labute approximate surface area is 180 Å². The number of carbonyl (C=O) groups excluding carboxylic acids is 1. The number of ether oxygens (including phenoxy) is 1. The number of hydrogen-bond acceptors (Lipinski definition) is 4. The summed E-state index contributed by atoms with van der Waals surface area (Å²) in [6.07, 6.45) is -4.00. The second-order valence-electron chi connectivity index (χ2n) is 7.69. The van der Waals surface area contributed by atoms with Crippen LogP contribution in [0, 0.1) is 0 Å². The number of carbonyl (C=O) groups is 1. The van der Waals surface area contributed by atoms with Crippen LogP contribution in [0.2, 0.25) is 0 Å². The minimum absolute atomic E-state index is 0.189. The fourth-order valence-electron chi connectivity index (χ4n) is 4.01. The number of H-pyrrole nitrogens is 2. The molecular weight excluding hydrogens is 423 g/mol. The molecule has 1 saturated heterocycles. The first-order chi connectivity index (χ1) is 15.4. The van der Waals surface area contributed by atoms with Gasteiger partial charge in [0.15, 0.2) is 0 Å². The van der Waals surface area contributed by atoms with E-state index >= 15 is 0 Å². The van der Waals surface area contributed by atoms with Crippen LogP contribution in [0.1, 0.15) is 16.9 Å². The predicted octanol–water partition coefficient (Wildman–Crippen LogP) is 4.30. The maximum absolute atomic E-state index is 13.1. The summed E-state index contributed by atoms with van der Waals surface area (Å²) in [6.45, 7) is 2.46. The molecule has 2 aromatic carbocycles. The largest absolute Gasteiger partial charge is 0.573 e. The number of alkyl halides is 3. The Morgan fingerprint density at radius 2 is 1.81 bits per heavy atom. The van der Waals surface area contributed by atoms with Gasteiger partial charge < -0.3 is 24.5 Å². The van der Waals surface area contributed by atoms with Crippen LogP contribution >= 0.6 is 0 Å². The summed E-state index contributed by atoms with van der Waals surface area (Å²) in [5, 5.41) is 0.640. The topological polar surface area (TPSA) is 77.2 Å². The number of rotatable bonds is 3. The average molecular weight is 443 g/mol. The monoisotopic (exact) mass is 443 g/mol. The predicted molar refractivity (Wildman–Crippen MR) is 114 cm³/mol. The van der Waals surface area contributed by atoms with Crippen molar-refractivity contribution in [2.75, 3.05) is 31.1 Å². The first kappa shape index (κ1) is 20.2. The van der Waals surface area contributed by atoms with Crippen molar-refractivity contribution in [1.82, 2.24) is 19.9 Å². The number of nitrogens with one attached hydrogen (secondary N) is 2. The standard InChI is InChI=1S/C22H20F3N5O2/c23-22(24,25)32-15-7-6-14-12-19(26-18(14)13-15)20(31)29-8-3-9-30(11-10-29)21-27-16-4-1-2-5-17(16)28-21/h1-2,4-7,12-13,26H,3,8-11H2,(H,27,28). The molecule has 0 radical (unpaired) electrons. The number of anilines is 1. The van der Waals surface area contributed by atoms with Crippen LogP contribution in [-0.2, 0) is 0 Å². The number of para-hydroxylation sites is 2. The Morgan fingerprint density at radius 3 is 2.62 bits per heavy atom. The van der Waals surface area contributed by atoms with Crippen LogP contribution in [0.4, 0.5) is 19.1 Å². The van der Waals surface area contributed by atoms with Crippen LogP contribution in [0.15, 0.2) is 48.5 Å². The molecule has 0 spiro atoms. The third-order valence-electron chi connectivity index (χ3n) is 5.52. The van der Waals surface area contributed by atoms with Crippen LogP contribution < -0.4 is 9.64 Å². The first-order valence-corrected chi connectivity index (χ1v) is 10.2. The number of hydrogen-bond donors (Lipinski definition) is 2. The van der Waals surface area contributed by atoms with Crippen molar-refractivity contribution in [3.05, 3.63) is 54.2 Å². The van der Waals surface area contributed by atoms with Crippen LogP contribution in [-0.4, -0.2) is 58.3 Å². The van der Waals surface area contributed by atoms with Gasteiger partial charge in [0.25, 0.3) is 5.91 Å². The zero-order valence-electron chi connectivity index (χ0n) is 16.9. The van der Waals surface area contributed by atoms with Gasteiger partial charge in [-0.3, -0.25) is 4.79 Å². The van der Waals surface area contributed by atoms with Gasteiger partial charge in [0, 0.05) is 43.1 Å². The summed E-state index contributed by atoms with van der Waals surface area (Å²) in [5.74, 6) is 0.261. The molecule has 2 N–H and O–H groups in total. The van der Waals surface area contributed by atoms with E-state index in [0.717, 1.165) is 29.9 Å². The summed E-state index contributed by atoms with van der Waals surface area (Å²) in [5.41, 5.74) is 2.61. The molecule has 1 amide bonds. The van der Waals surface area contributed by atoms with E-state index in [4.69, 9.17) is 0 Å². The average Bonchev–Trinajstić information content (AvgIpc) is 3.28. The summed E-state index contributed by atoms with van der Waals surface area (Å²) in [6, 6.07) is 13.4. The molecule has 166 valence electrons. The third kappa shape index (κ3) is 4.08. The van der Waals surface area contributed by atoms with Gasteiger partial charge in [-0.2, -0.15) is 0 Å². The van der Waals surface area contributed by atoms with Crippen molar-refractivity contribution in [1.29, 1.82) is 0 Å². The molecule has 3 heterocycles. The van der Waals surface area contributed by atoms with Gasteiger partial charge in [0.05, 0.1) is 11.0 Å². The van der Waals surface area contributed by atoms with E-state index in [9.17, 15) is 18.0 Å². The number of aromatic nitrogens is 3. The van der Waals surface area contributed by atoms with Crippen LogP contribution in [0.3, 0.4) is 0 Å². The first-order valence-electron chi connectivity index (χ1n) is 10.2. The summed E-state index contributed by atoms with van der Waals surface area (Å²) >= 11 is 0. The molecule has 4 aromatic rings. The quantitative estimate of drug-likeness (QED) is 0.495. The van der Waals surface area contributed by atoms with Gasteiger partial charge >= 0.3 is 6.36 Å². The molecule has 0 atom stereocenters. The van der Waals surface area contributed by atoms with E-state index in [1.807, 2.05) is 24.3 Å². The van der Waals surface area contributed by atoms with Crippen molar-refractivity contribution >= 4 is 33.8 Å². The molecule has 1 aliphatic rings. The highest BCUT2D eigenvalue weighted by molar-refractivity contribution is 5.98. The normalized spacial score (nSPS) is 15.3. The number of amides is 1. The molecule has 0 saturated carbocycles. The lowest BCUT2D eigenvalue weighted by molar-refractivity contribution is -0.274. The van der Waals surface area contributed by atoms with Gasteiger partial charge in [0.1, 0.15) is 11.4 Å². The molecule has 7 nitrogen and oxygen atoms in total. The maximum atomic E-state index is 13.1. The molecule has 1 fully saturated rings. The number of aromatic amines is 2. The summed E-state index contributed by atoms with van der Waals surface area (Å²) < 4.78 is 41.4. The van der Waals surface area contributed by atoms with E-state index in [1.54, 1.807) is 11.0 Å². The Hall–Kier alpha value is -3.69. The summed E-state index contributed by atoms with van der Waals surface area (Å²) in [7, 11) is 0. The van der Waals surface area contributed by atoms with Crippen molar-refractivity contribution in [2.45, 2.75) is 12.8 Å². The Morgan fingerprint density at radius 1 is 0.969 bits per heavy atom. The molecule has 0 unspecified atom stereocenters. The molecular formula is C22H20F3N5O2. The highest BCUT2D eigenvalue weighted by Crippen LogP contribution is 2.27. The van der Waals surface area contributed by atoms with Crippen molar-refractivity contribution < 1.29 is 22.7 Å². The number of nitrogens with zero attached hydrogens (tertiary/aromatic N) is 3. The summed E-state index contributed by atoms with van der Waals surface area (Å²) in [4.78, 5) is 27.8. The minimum atomic E-state index is -4.77. The van der Waals surface area contributed by atoms with E-state index < -0.39 is 6.36 Å². The van der Waals surface area contributed by atoms with Crippen LogP contribution in [0.5, 0.6) is 5.75 Å². The van der Waals surface area contributed by atoms with Crippen molar-refractivity contribution in [3.8, 4) is 5.75 Å². The minimum Gasteiger partial charge on any atom is -0.406 e. The molecule has 1 aliphatic heterocycles. The third-order valence-corrected chi connectivity index (χ3v) is 5.52. The number of benzene rings is 2. The lowest BCUT2D eigenvalue weighted by Crippen LogP contribution is -2.35. The van der Waals surface area contributed by atoms with E-state index in [1.165, 1.54) is 18.2 Å². The zero-order chi connectivity index (χ0) is 22.3. The SMILES string of the molecule is O=C(c1cc2ccc(OC(F)(F)F)cc2[nH]1)N1CCCN(c2nc3ccccc3[nH]2)CC1. The second kappa shape index (κ2) is 7.77. The molecule has 32 heavy (non-hydrogen) atoms. The molecule has 5 rings (SSSR count). The maximum Gasteiger partial charge on any atom is 0.573 e. The Bertz CT molecular complexity index is 1250. The van der Waals surface area contributed by atoms with Gasteiger partial charge in [0.2, 0.25) is 5.95 Å². The lowest BCUT2D eigenvalue weighted by Gasteiger charge is -2.21. The van der Waals surface area contributed by atoms with E-state index in [0.29, 0.717) is 36.2 Å². The van der Waals surface area contributed by atoms with Gasteiger partial charge in [-0.1, -0.05) is 12.1 Å². The molecule has 0 aliphatic carbocycles. The highest BCUT2D eigenvalue weighted by atomic mass is 19.4. The number of imidazole rings is 1. The fraction of sp³-hybridized carbons (Fsp3) is 0.273. The van der Waals surface area contributed by atoms with Gasteiger partial charge in [-0.05, 0) is 36.8 Å². The van der Waals surface area contributed by atoms with Crippen molar-refractivity contribution in [3.63, 3.8) is 0 Å². The van der Waals surface area contributed by atoms with E-state index in [2.05, 4.69) is 24.6 Å². The second-order valence-corrected chi connectivity index (χ2v) is 7.69. The lowest BCUT2D eigenvalue weighted by atomic mass is 10.2. The Kier molecular flexibility index (Phi) is 4.91. The van der Waals surface area contributed by atoms with Gasteiger partial charge in [-0.15, -0.1) is 13.2 Å². The smallest absolute Gasteiger partial charge is 0.406 e. The molecule has 2 aromatic heterocycles. The van der Waals surface area contributed by atoms with E-state index in [-0.39, 0.29) is 11.7 Å². The highest BCUT2D eigenvalue weighted by Gasteiger charge is 2.31. The number of halogens is 3. The van der Waals surface area contributed by atoms with Crippen molar-refractivity contribution in [2.24, 2.45) is 0 Å². The zero-order valence-corrected chi connectivity index (χ0v) is 16.9. The Balaban J connectivity index is 1.30. The van der Waals surface area contributed by atoms with Gasteiger partial charge in [-0.25, -0.2) is 4.98 Å². The fourth-order valence-corrected chi connectivity index (χ4v) is 4.01. The number of fused-ring (bicyclic) bond motifs is 2. The van der Waals surface area contributed by atoms with Crippen LogP contribution in [0.25, 0.3) is 21.9 Å². The molecule has 10 heteroatoms. The molecule has 0 bridgehead atoms.